The number of aryl methyl sites for hydroxylation is 1. The van der Waals surface area contributed by atoms with Crippen molar-refractivity contribution in [2.45, 2.75) is 19.0 Å². The van der Waals surface area contributed by atoms with Gasteiger partial charge in [0.05, 0.1) is 11.3 Å². The van der Waals surface area contributed by atoms with Gasteiger partial charge in [0.15, 0.2) is 6.04 Å². The van der Waals surface area contributed by atoms with Crippen LogP contribution >= 0.6 is 33.9 Å². The van der Waals surface area contributed by atoms with E-state index in [1.54, 1.807) is 48.5 Å². The first-order valence-corrected chi connectivity index (χ1v) is 11.1. The minimum absolute atomic E-state index is 0.272. The summed E-state index contributed by atoms with van der Waals surface area (Å²) in [6.07, 6.45) is 0. The fourth-order valence-electron chi connectivity index (χ4n) is 3.62. The van der Waals surface area contributed by atoms with Crippen LogP contribution in [0, 0.1) is 10.5 Å². The zero-order valence-electron chi connectivity index (χ0n) is 15.8. The maximum Gasteiger partial charge on any atom is 0.331 e. The molecule has 0 aliphatic carbocycles. The first kappa shape index (κ1) is 20.5. The van der Waals surface area contributed by atoms with Gasteiger partial charge in [0.25, 0.3) is 11.8 Å². The molecule has 2 unspecified atom stereocenters. The first-order valence-electron chi connectivity index (χ1n) is 9.13. The zero-order valence-corrected chi connectivity index (χ0v) is 18.8. The van der Waals surface area contributed by atoms with Crippen molar-refractivity contribution in [3.63, 3.8) is 0 Å². The minimum Gasteiger partial charge on any atom is -0.479 e. The molecule has 2 aromatic carbocycles. The highest BCUT2D eigenvalue weighted by atomic mass is 127. The molecule has 3 aromatic rings. The van der Waals surface area contributed by atoms with Crippen LogP contribution in [0.2, 0.25) is 0 Å². The number of carbonyl (C=O) groups is 3. The van der Waals surface area contributed by atoms with Gasteiger partial charge in [0.2, 0.25) is 0 Å². The minimum atomic E-state index is -1.32. The third-order valence-electron chi connectivity index (χ3n) is 5.01. The second kappa shape index (κ2) is 8.19. The lowest BCUT2D eigenvalue weighted by Crippen LogP contribution is -2.44. The molecule has 2 heterocycles. The number of hydrogen-bond donors (Lipinski definition) is 2. The molecule has 6 nitrogen and oxygen atoms in total. The molecule has 2 N–H and O–H groups in total. The Hall–Kier alpha value is -2.72. The smallest absolute Gasteiger partial charge is 0.331 e. The van der Waals surface area contributed by atoms with Gasteiger partial charge in [0, 0.05) is 8.45 Å². The third kappa shape index (κ3) is 3.61. The van der Waals surface area contributed by atoms with E-state index in [9.17, 15) is 19.5 Å². The quantitative estimate of drug-likeness (QED) is 0.481. The van der Waals surface area contributed by atoms with Gasteiger partial charge in [-0.15, -0.1) is 11.3 Å². The number of carbonyl (C=O) groups excluding carboxylic acids is 2. The lowest BCUT2D eigenvalue weighted by molar-refractivity contribution is -0.144. The summed E-state index contributed by atoms with van der Waals surface area (Å²) < 4.78 is 0.811. The summed E-state index contributed by atoms with van der Waals surface area (Å²) in [5.41, 5.74) is 1.91. The molecule has 0 spiro atoms. The molecule has 0 saturated carbocycles. The van der Waals surface area contributed by atoms with E-state index >= 15 is 0 Å². The Kier molecular flexibility index (Phi) is 5.61. The standard InChI is InChI=1S/C22H17IN2O4S/c1-12-9-10-30-19(12)18-20(26)24-16-8-7-14(23)11-15(16)21(27)25(18)17(22(28)29)13-5-3-2-4-6-13/h2-11,17-18H,1H3,(H,24,26)(H,28,29). The van der Waals surface area contributed by atoms with E-state index in [1.807, 2.05) is 18.4 Å². The SMILES string of the molecule is Cc1ccsc1C1C(=O)Nc2ccc(I)cc2C(=O)N1C(C(=O)O)c1ccccc1. The van der Waals surface area contributed by atoms with Crippen LogP contribution in [0.5, 0.6) is 0 Å². The number of carboxylic acids is 1. The van der Waals surface area contributed by atoms with Gasteiger partial charge in [-0.25, -0.2) is 4.79 Å². The number of halogens is 1. The first-order chi connectivity index (χ1) is 14.4. The van der Waals surface area contributed by atoms with Gasteiger partial charge in [-0.05, 0) is 70.3 Å². The molecule has 0 saturated heterocycles. The summed E-state index contributed by atoms with van der Waals surface area (Å²) in [6, 6.07) is 13.1. The molecule has 1 aliphatic heterocycles. The van der Waals surface area contributed by atoms with E-state index < -0.39 is 29.9 Å². The molecule has 1 aromatic heterocycles. The Bertz CT molecular complexity index is 1150. The number of thiophene rings is 1. The number of amides is 2. The van der Waals surface area contributed by atoms with Crippen molar-refractivity contribution in [3.05, 3.63) is 85.1 Å². The summed E-state index contributed by atoms with van der Waals surface area (Å²) in [4.78, 5) is 41.3. The number of anilines is 1. The zero-order chi connectivity index (χ0) is 21.4. The number of nitrogens with zero attached hydrogens (tertiary/aromatic N) is 1. The van der Waals surface area contributed by atoms with E-state index in [2.05, 4.69) is 27.9 Å². The molecule has 0 fully saturated rings. The third-order valence-corrected chi connectivity index (χ3v) is 6.75. The fourth-order valence-corrected chi connectivity index (χ4v) is 5.13. The van der Waals surface area contributed by atoms with Crippen LogP contribution in [-0.2, 0) is 9.59 Å². The molecule has 0 radical (unpaired) electrons. The van der Waals surface area contributed by atoms with Crippen LogP contribution in [0.1, 0.15) is 38.4 Å². The van der Waals surface area contributed by atoms with Gasteiger partial charge in [0.1, 0.15) is 6.04 Å². The highest BCUT2D eigenvalue weighted by Gasteiger charge is 2.44. The molecular weight excluding hydrogens is 515 g/mol. The Morgan fingerprint density at radius 2 is 1.90 bits per heavy atom. The van der Waals surface area contributed by atoms with Crippen molar-refractivity contribution in [1.82, 2.24) is 4.90 Å². The topological polar surface area (TPSA) is 86.7 Å². The van der Waals surface area contributed by atoms with Gasteiger partial charge in [-0.2, -0.15) is 0 Å². The monoisotopic (exact) mass is 532 g/mol. The van der Waals surface area contributed by atoms with E-state index in [4.69, 9.17) is 0 Å². The number of fused-ring (bicyclic) bond motifs is 1. The maximum atomic E-state index is 13.7. The lowest BCUT2D eigenvalue weighted by atomic mass is 10.00. The molecule has 0 bridgehead atoms. The van der Waals surface area contributed by atoms with E-state index in [1.165, 1.54) is 16.2 Å². The van der Waals surface area contributed by atoms with Crippen LogP contribution < -0.4 is 5.32 Å². The van der Waals surface area contributed by atoms with E-state index in [0.717, 1.165) is 9.13 Å². The summed E-state index contributed by atoms with van der Waals surface area (Å²) in [7, 11) is 0. The number of hydrogen-bond acceptors (Lipinski definition) is 4. The van der Waals surface area contributed by atoms with Crippen molar-refractivity contribution in [3.8, 4) is 0 Å². The second-order valence-electron chi connectivity index (χ2n) is 6.91. The summed E-state index contributed by atoms with van der Waals surface area (Å²) in [6.45, 7) is 1.85. The molecule has 30 heavy (non-hydrogen) atoms. The highest BCUT2D eigenvalue weighted by molar-refractivity contribution is 14.1. The average Bonchev–Trinajstić information content (AvgIpc) is 3.10. The molecule has 4 rings (SSSR count). The fraction of sp³-hybridized carbons (Fsp3) is 0.136. The largest absolute Gasteiger partial charge is 0.479 e. The van der Waals surface area contributed by atoms with Crippen LogP contribution in [0.15, 0.2) is 60.0 Å². The Morgan fingerprint density at radius 3 is 2.53 bits per heavy atom. The predicted octanol–water partition coefficient (Wildman–Crippen LogP) is 4.62. The van der Waals surface area contributed by atoms with E-state index in [0.29, 0.717) is 16.1 Å². The normalized spacial score (nSPS) is 17.1. The number of benzene rings is 2. The van der Waals surface area contributed by atoms with Crippen molar-refractivity contribution < 1.29 is 19.5 Å². The average molecular weight is 532 g/mol. The molecule has 2 atom stereocenters. The second-order valence-corrected chi connectivity index (χ2v) is 9.11. The van der Waals surface area contributed by atoms with Crippen LogP contribution in [-0.4, -0.2) is 27.8 Å². The number of aliphatic carboxylic acids is 1. The lowest BCUT2D eigenvalue weighted by Gasteiger charge is -2.33. The number of rotatable bonds is 4. The van der Waals surface area contributed by atoms with Crippen molar-refractivity contribution in [1.29, 1.82) is 0 Å². The van der Waals surface area contributed by atoms with Crippen LogP contribution in [0.25, 0.3) is 0 Å². The van der Waals surface area contributed by atoms with Crippen molar-refractivity contribution in [2.75, 3.05) is 5.32 Å². The summed E-state index contributed by atoms with van der Waals surface area (Å²) in [5.74, 6) is -2.14. The van der Waals surface area contributed by atoms with Gasteiger partial charge in [-0.1, -0.05) is 30.3 Å². The number of nitrogens with one attached hydrogen (secondary N) is 1. The Balaban J connectivity index is 1.97. The molecule has 2 amide bonds. The van der Waals surface area contributed by atoms with Crippen molar-refractivity contribution >= 4 is 57.4 Å². The summed E-state index contributed by atoms with van der Waals surface area (Å²) in [5, 5.41) is 14.8. The van der Waals surface area contributed by atoms with E-state index in [-0.39, 0.29) is 5.56 Å². The Morgan fingerprint density at radius 1 is 1.17 bits per heavy atom. The maximum absolute atomic E-state index is 13.7. The van der Waals surface area contributed by atoms with Gasteiger partial charge < -0.3 is 15.3 Å². The Labute approximate surface area is 190 Å². The van der Waals surface area contributed by atoms with Gasteiger partial charge >= 0.3 is 5.97 Å². The highest BCUT2D eigenvalue weighted by Crippen LogP contribution is 2.40. The summed E-state index contributed by atoms with van der Waals surface area (Å²) >= 11 is 3.42. The van der Waals surface area contributed by atoms with Crippen molar-refractivity contribution in [2.24, 2.45) is 0 Å². The van der Waals surface area contributed by atoms with Crippen LogP contribution in [0.3, 0.4) is 0 Å². The molecular formula is C22H17IN2O4S. The molecule has 8 heteroatoms. The molecule has 1 aliphatic rings. The number of carboxylic acid groups (broad SMARTS) is 1. The van der Waals surface area contributed by atoms with Gasteiger partial charge in [-0.3, -0.25) is 9.59 Å². The molecule has 152 valence electrons. The predicted molar refractivity (Wildman–Crippen MR) is 123 cm³/mol. The van der Waals surface area contributed by atoms with Crippen LogP contribution in [0.4, 0.5) is 5.69 Å².